The van der Waals surface area contributed by atoms with Gasteiger partial charge in [0.25, 0.3) is 0 Å². The molecule has 0 fully saturated rings. The Bertz CT molecular complexity index is 79.0. The number of nitrogens with one attached hydrogen (secondary N) is 2. The molecule has 0 saturated carbocycles. The van der Waals surface area contributed by atoms with E-state index in [-0.39, 0.29) is 0 Å². The Morgan fingerprint density at radius 1 is 0.769 bits per heavy atom. The molecule has 0 aliphatic rings. The summed E-state index contributed by atoms with van der Waals surface area (Å²) in [6.45, 7) is 6.27. The molecule has 0 aliphatic carbocycles. The van der Waals surface area contributed by atoms with Crippen molar-refractivity contribution in [1.82, 2.24) is 11.0 Å². The zero-order chi connectivity index (χ0) is 9.78. The Morgan fingerprint density at radius 2 is 1.23 bits per heavy atom. The first-order valence-corrected chi connectivity index (χ1v) is 5.53. The van der Waals surface area contributed by atoms with Gasteiger partial charge in [-0.15, -0.1) is 0 Å². The number of hydroxylamine groups is 2. The van der Waals surface area contributed by atoms with Gasteiger partial charge < -0.3 is 0 Å². The predicted molar refractivity (Wildman–Crippen MR) is 56.1 cm³/mol. The van der Waals surface area contributed by atoms with Crippen molar-refractivity contribution in [2.75, 3.05) is 13.1 Å². The minimum atomic E-state index is 0.939. The van der Waals surface area contributed by atoms with Gasteiger partial charge in [-0.1, -0.05) is 39.5 Å². The van der Waals surface area contributed by atoms with Crippen LogP contribution in [0.15, 0.2) is 0 Å². The fraction of sp³-hybridized carbons (Fsp3) is 1.00. The fourth-order valence-electron chi connectivity index (χ4n) is 1.05. The predicted octanol–water partition coefficient (Wildman–Crippen LogP) is 2.39. The lowest BCUT2D eigenvalue weighted by atomic mass is 10.2. The van der Waals surface area contributed by atoms with Crippen LogP contribution in [-0.2, 0) is 4.94 Å². The molecule has 0 aromatic heterocycles. The van der Waals surface area contributed by atoms with E-state index < -0.39 is 0 Å². The van der Waals surface area contributed by atoms with Gasteiger partial charge in [-0.2, -0.15) is 11.0 Å². The van der Waals surface area contributed by atoms with Crippen molar-refractivity contribution < 1.29 is 4.94 Å². The van der Waals surface area contributed by atoms with Crippen LogP contribution >= 0.6 is 0 Å². The molecule has 13 heavy (non-hydrogen) atoms. The number of hydrogen-bond acceptors (Lipinski definition) is 3. The summed E-state index contributed by atoms with van der Waals surface area (Å²) >= 11 is 0. The number of unbranched alkanes of at least 4 members (excludes halogenated alkanes) is 4. The summed E-state index contributed by atoms with van der Waals surface area (Å²) in [5, 5.41) is 0. The van der Waals surface area contributed by atoms with Crippen molar-refractivity contribution in [1.29, 1.82) is 0 Å². The van der Waals surface area contributed by atoms with Crippen LogP contribution in [0.1, 0.15) is 52.4 Å². The molecule has 0 radical (unpaired) electrons. The fourth-order valence-corrected chi connectivity index (χ4v) is 1.05. The topological polar surface area (TPSA) is 33.3 Å². The Balaban J connectivity index is 2.76. The minimum Gasteiger partial charge on any atom is -0.214 e. The van der Waals surface area contributed by atoms with Gasteiger partial charge in [0.1, 0.15) is 0 Å². The molecule has 0 rings (SSSR count). The van der Waals surface area contributed by atoms with Crippen molar-refractivity contribution in [3.8, 4) is 0 Å². The standard InChI is InChI=1S/C10H24N2O/c1-3-5-7-9-11-13-12-10-8-6-4-2/h11-12H,3-10H2,1-2H3. The molecule has 0 saturated heterocycles. The van der Waals surface area contributed by atoms with Crippen LogP contribution in [0.5, 0.6) is 0 Å². The largest absolute Gasteiger partial charge is 0.214 e. The molecule has 0 aromatic carbocycles. The Labute approximate surface area is 82.1 Å². The quantitative estimate of drug-likeness (QED) is 0.408. The second kappa shape index (κ2) is 11.9. The lowest BCUT2D eigenvalue weighted by molar-refractivity contribution is -0.0386. The lowest BCUT2D eigenvalue weighted by Crippen LogP contribution is -2.27. The molecule has 0 aromatic rings. The van der Waals surface area contributed by atoms with E-state index in [1.165, 1.54) is 38.5 Å². The van der Waals surface area contributed by atoms with Gasteiger partial charge in [0.2, 0.25) is 0 Å². The highest BCUT2D eigenvalue weighted by atomic mass is 16.8. The number of rotatable bonds is 10. The third-order valence-electron chi connectivity index (χ3n) is 1.91. The highest BCUT2D eigenvalue weighted by Gasteiger charge is 1.88. The van der Waals surface area contributed by atoms with Gasteiger partial charge in [0.05, 0.1) is 0 Å². The van der Waals surface area contributed by atoms with Crippen LogP contribution in [-0.4, -0.2) is 13.1 Å². The molecule has 0 unspecified atom stereocenters. The first kappa shape index (κ1) is 12.9. The molecule has 0 spiro atoms. The highest BCUT2D eigenvalue weighted by molar-refractivity contribution is 4.39. The Hall–Kier alpha value is -0.120. The lowest BCUT2D eigenvalue weighted by Gasteiger charge is -2.05. The Kier molecular flexibility index (Phi) is 11.8. The molecule has 0 amide bonds. The Morgan fingerprint density at radius 3 is 1.62 bits per heavy atom. The van der Waals surface area contributed by atoms with Gasteiger partial charge in [-0.25, -0.2) is 4.94 Å². The summed E-state index contributed by atoms with van der Waals surface area (Å²) < 4.78 is 0. The summed E-state index contributed by atoms with van der Waals surface area (Å²) in [4.78, 5) is 5.03. The molecule has 2 N–H and O–H groups in total. The van der Waals surface area contributed by atoms with Crippen molar-refractivity contribution >= 4 is 0 Å². The monoisotopic (exact) mass is 188 g/mol. The maximum atomic E-state index is 5.03. The summed E-state index contributed by atoms with van der Waals surface area (Å²) in [5.41, 5.74) is 5.77. The molecule has 0 heterocycles. The second-order valence-electron chi connectivity index (χ2n) is 3.30. The van der Waals surface area contributed by atoms with E-state index >= 15 is 0 Å². The molecule has 80 valence electrons. The maximum absolute atomic E-state index is 5.03. The van der Waals surface area contributed by atoms with Crippen LogP contribution in [0, 0.1) is 0 Å². The average Bonchev–Trinajstić information content (AvgIpc) is 2.16. The summed E-state index contributed by atoms with van der Waals surface area (Å²) in [6.07, 6.45) is 7.43. The van der Waals surface area contributed by atoms with E-state index in [9.17, 15) is 0 Å². The molecular weight excluding hydrogens is 164 g/mol. The van der Waals surface area contributed by atoms with E-state index in [0.717, 1.165) is 13.1 Å². The summed E-state index contributed by atoms with van der Waals surface area (Å²) in [6, 6.07) is 0. The van der Waals surface area contributed by atoms with Crippen LogP contribution in [0.2, 0.25) is 0 Å². The van der Waals surface area contributed by atoms with Crippen molar-refractivity contribution in [2.45, 2.75) is 52.4 Å². The first-order valence-electron chi connectivity index (χ1n) is 5.53. The van der Waals surface area contributed by atoms with Crippen LogP contribution in [0.25, 0.3) is 0 Å². The first-order chi connectivity index (χ1) is 6.41. The smallest absolute Gasteiger partial charge is 0.0229 e. The zero-order valence-electron chi connectivity index (χ0n) is 9.07. The number of hydrogen-bond donors (Lipinski definition) is 2. The van der Waals surface area contributed by atoms with Crippen LogP contribution < -0.4 is 11.0 Å². The van der Waals surface area contributed by atoms with E-state index in [2.05, 4.69) is 24.8 Å². The third kappa shape index (κ3) is 11.9. The minimum absolute atomic E-state index is 0.939. The summed E-state index contributed by atoms with van der Waals surface area (Å²) in [5.74, 6) is 0. The van der Waals surface area contributed by atoms with Gasteiger partial charge in [-0.3, -0.25) is 0 Å². The van der Waals surface area contributed by atoms with Gasteiger partial charge >= 0.3 is 0 Å². The van der Waals surface area contributed by atoms with Crippen LogP contribution in [0.4, 0.5) is 0 Å². The molecular formula is C10H24N2O. The van der Waals surface area contributed by atoms with Crippen molar-refractivity contribution in [3.05, 3.63) is 0 Å². The van der Waals surface area contributed by atoms with Gasteiger partial charge in [0.15, 0.2) is 0 Å². The van der Waals surface area contributed by atoms with Crippen molar-refractivity contribution in [2.24, 2.45) is 0 Å². The maximum Gasteiger partial charge on any atom is 0.0229 e. The average molecular weight is 188 g/mol. The molecule has 0 bridgehead atoms. The second-order valence-corrected chi connectivity index (χ2v) is 3.30. The van der Waals surface area contributed by atoms with E-state index in [1.54, 1.807) is 0 Å². The molecule has 0 aliphatic heterocycles. The molecule has 3 nitrogen and oxygen atoms in total. The molecule has 3 heteroatoms. The van der Waals surface area contributed by atoms with Crippen LogP contribution in [0.3, 0.4) is 0 Å². The van der Waals surface area contributed by atoms with Gasteiger partial charge in [0, 0.05) is 13.1 Å². The zero-order valence-corrected chi connectivity index (χ0v) is 9.07. The van der Waals surface area contributed by atoms with E-state index in [0.29, 0.717) is 0 Å². The van der Waals surface area contributed by atoms with E-state index in [4.69, 9.17) is 4.94 Å². The van der Waals surface area contributed by atoms with Gasteiger partial charge in [-0.05, 0) is 12.8 Å². The SMILES string of the molecule is CCCCCNONCCCCC. The highest BCUT2D eigenvalue weighted by Crippen LogP contribution is 1.91. The molecule has 0 atom stereocenters. The normalized spacial score (nSPS) is 10.6. The third-order valence-corrected chi connectivity index (χ3v) is 1.91. The van der Waals surface area contributed by atoms with E-state index in [1.807, 2.05) is 0 Å². The summed E-state index contributed by atoms with van der Waals surface area (Å²) in [7, 11) is 0. The van der Waals surface area contributed by atoms with Crippen molar-refractivity contribution in [3.63, 3.8) is 0 Å².